The number of carbonyl (C=O) groups is 1. The molecule has 0 aliphatic carbocycles. The molecule has 0 radical (unpaired) electrons. The standard InChI is InChI=1S/C19H20N4O2/c20-14-16-7-4-8-21-18(16)22-17(13-15-5-2-1-3-6-15)19(24)23-9-11-25-12-10-23/h1-8,17H,9-13H2,(H,21,22). The topological polar surface area (TPSA) is 78.2 Å². The van der Waals surface area contributed by atoms with E-state index in [1.807, 2.05) is 30.3 Å². The molecule has 1 saturated heterocycles. The van der Waals surface area contributed by atoms with E-state index < -0.39 is 6.04 Å². The van der Waals surface area contributed by atoms with E-state index in [9.17, 15) is 10.1 Å². The van der Waals surface area contributed by atoms with Crippen LogP contribution in [-0.4, -0.2) is 48.1 Å². The maximum atomic E-state index is 13.0. The first kappa shape index (κ1) is 16.9. The number of hydrogen-bond donors (Lipinski definition) is 1. The van der Waals surface area contributed by atoms with Crippen LogP contribution in [0.1, 0.15) is 11.1 Å². The van der Waals surface area contributed by atoms with Gasteiger partial charge < -0.3 is 15.0 Å². The van der Waals surface area contributed by atoms with Crippen LogP contribution in [0.25, 0.3) is 0 Å². The Hall–Kier alpha value is -2.91. The Bertz CT molecular complexity index is 752. The SMILES string of the molecule is N#Cc1cccnc1NC(Cc1ccccc1)C(=O)N1CCOCC1. The van der Waals surface area contributed by atoms with Crippen molar-refractivity contribution >= 4 is 11.7 Å². The molecule has 1 aliphatic heterocycles. The van der Waals surface area contributed by atoms with Gasteiger partial charge in [-0.3, -0.25) is 4.79 Å². The summed E-state index contributed by atoms with van der Waals surface area (Å²) >= 11 is 0. The molecule has 1 aromatic carbocycles. The van der Waals surface area contributed by atoms with Gasteiger partial charge in [-0.2, -0.15) is 5.26 Å². The van der Waals surface area contributed by atoms with Gasteiger partial charge in [0.15, 0.2) is 0 Å². The third kappa shape index (κ3) is 4.34. The monoisotopic (exact) mass is 336 g/mol. The second kappa shape index (κ2) is 8.27. The van der Waals surface area contributed by atoms with Crippen LogP contribution >= 0.6 is 0 Å². The highest BCUT2D eigenvalue weighted by Gasteiger charge is 2.27. The number of anilines is 1. The number of benzene rings is 1. The molecule has 1 fully saturated rings. The summed E-state index contributed by atoms with van der Waals surface area (Å²) in [6.45, 7) is 2.27. The van der Waals surface area contributed by atoms with Crippen molar-refractivity contribution in [1.29, 1.82) is 5.26 Å². The fourth-order valence-corrected chi connectivity index (χ4v) is 2.83. The summed E-state index contributed by atoms with van der Waals surface area (Å²) in [6.07, 6.45) is 2.14. The smallest absolute Gasteiger partial charge is 0.245 e. The first-order valence-electron chi connectivity index (χ1n) is 8.30. The van der Waals surface area contributed by atoms with Crippen LogP contribution in [0, 0.1) is 11.3 Å². The molecule has 6 heteroatoms. The normalized spacial score (nSPS) is 15.2. The first-order valence-corrected chi connectivity index (χ1v) is 8.30. The summed E-state index contributed by atoms with van der Waals surface area (Å²) in [5, 5.41) is 12.4. The van der Waals surface area contributed by atoms with E-state index in [1.165, 1.54) is 0 Å². The number of hydrogen-bond acceptors (Lipinski definition) is 5. The van der Waals surface area contributed by atoms with Crippen molar-refractivity contribution in [2.45, 2.75) is 12.5 Å². The average Bonchev–Trinajstić information content (AvgIpc) is 2.69. The Morgan fingerprint density at radius 1 is 1.24 bits per heavy atom. The molecule has 1 atom stereocenters. The molecule has 128 valence electrons. The molecule has 1 aromatic heterocycles. The van der Waals surface area contributed by atoms with Crippen molar-refractivity contribution in [3.05, 3.63) is 59.8 Å². The molecule has 0 bridgehead atoms. The third-order valence-corrected chi connectivity index (χ3v) is 4.14. The molecular weight excluding hydrogens is 316 g/mol. The van der Waals surface area contributed by atoms with Crippen molar-refractivity contribution in [3.63, 3.8) is 0 Å². The Balaban J connectivity index is 1.83. The van der Waals surface area contributed by atoms with Gasteiger partial charge in [-0.1, -0.05) is 30.3 Å². The zero-order chi connectivity index (χ0) is 17.5. The highest BCUT2D eigenvalue weighted by molar-refractivity contribution is 5.85. The zero-order valence-electron chi connectivity index (χ0n) is 13.9. The molecule has 1 aliphatic rings. The molecule has 6 nitrogen and oxygen atoms in total. The van der Waals surface area contributed by atoms with Gasteiger partial charge in [-0.15, -0.1) is 0 Å². The predicted molar refractivity (Wildman–Crippen MR) is 93.9 cm³/mol. The van der Waals surface area contributed by atoms with Crippen LogP contribution in [0.5, 0.6) is 0 Å². The summed E-state index contributed by atoms with van der Waals surface area (Å²) in [6, 6.07) is 14.9. The van der Waals surface area contributed by atoms with Crippen LogP contribution in [0.2, 0.25) is 0 Å². The van der Waals surface area contributed by atoms with E-state index in [2.05, 4.69) is 16.4 Å². The van der Waals surface area contributed by atoms with Gasteiger partial charge in [0.2, 0.25) is 5.91 Å². The van der Waals surface area contributed by atoms with E-state index in [1.54, 1.807) is 23.2 Å². The van der Waals surface area contributed by atoms with E-state index >= 15 is 0 Å². The second-order valence-electron chi connectivity index (χ2n) is 5.84. The Kier molecular flexibility index (Phi) is 5.60. The van der Waals surface area contributed by atoms with Gasteiger partial charge in [0.1, 0.15) is 17.9 Å². The number of ether oxygens (including phenoxy) is 1. The average molecular weight is 336 g/mol. The maximum Gasteiger partial charge on any atom is 0.245 e. The van der Waals surface area contributed by atoms with Crippen molar-refractivity contribution in [1.82, 2.24) is 9.88 Å². The molecule has 1 N–H and O–H groups in total. The molecule has 25 heavy (non-hydrogen) atoms. The molecule has 0 spiro atoms. The molecular formula is C19H20N4O2. The molecule has 2 aromatic rings. The maximum absolute atomic E-state index is 13.0. The Morgan fingerprint density at radius 3 is 2.72 bits per heavy atom. The molecule has 3 rings (SSSR count). The van der Waals surface area contributed by atoms with Gasteiger partial charge in [-0.05, 0) is 17.7 Å². The van der Waals surface area contributed by atoms with Gasteiger partial charge in [0.25, 0.3) is 0 Å². The van der Waals surface area contributed by atoms with Gasteiger partial charge in [0, 0.05) is 25.7 Å². The van der Waals surface area contributed by atoms with Gasteiger partial charge >= 0.3 is 0 Å². The fourth-order valence-electron chi connectivity index (χ4n) is 2.83. The number of aromatic nitrogens is 1. The largest absolute Gasteiger partial charge is 0.378 e. The summed E-state index contributed by atoms with van der Waals surface area (Å²) in [5.74, 6) is 0.439. The molecule has 0 saturated carbocycles. The number of nitriles is 1. The zero-order valence-corrected chi connectivity index (χ0v) is 13.9. The van der Waals surface area contributed by atoms with Crippen LogP contribution in [0.3, 0.4) is 0 Å². The summed E-state index contributed by atoms with van der Waals surface area (Å²) < 4.78 is 5.33. The minimum atomic E-state index is -0.484. The Morgan fingerprint density at radius 2 is 2.00 bits per heavy atom. The molecule has 2 heterocycles. The summed E-state index contributed by atoms with van der Waals surface area (Å²) in [4.78, 5) is 19.0. The first-order chi connectivity index (χ1) is 12.3. The van der Waals surface area contributed by atoms with E-state index in [0.717, 1.165) is 5.56 Å². The van der Waals surface area contributed by atoms with E-state index in [-0.39, 0.29) is 5.91 Å². The summed E-state index contributed by atoms with van der Waals surface area (Å²) in [7, 11) is 0. The summed E-state index contributed by atoms with van der Waals surface area (Å²) in [5.41, 5.74) is 1.48. The van der Waals surface area contributed by atoms with Crippen molar-refractivity contribution in [2.75, 3.05) is 31.6 Å². The second-order valence-corrected chi connectivity index (χ2v) is 5.84. The predicted octanol–water partition coefficient (Wildman–Crippen LogP) is 1.84. The highest BCUT2D eigenvalue weighted by atomic mass is 16.5. The number of rotatable bonds is 5. The van der Waals surface area contributed by atoms with Crippen LogP contribution in [0.15, 0.2) is 48.7 Å². The molecule has 1 amide bonds. The van der Waals surface area contributed by atoms with Gasteiger partial charge in [-0.25, -0.2) is 4.98 Å². The van der Waals surface area contributed by atoms with E-state index in [0.29, 0.717) is 44.1 Å². The minimum Gasteiger partial charge on any atom is -0.378 e. The molecule has 1 unspecified atom stereocenters. The lowest BCUT2D eigenvalue weighted by Crippen LogP contribution is -2.49. The lowest BCUT2D eigenvalue weighted by Gasteiger charge is -2.31. The van der Waals surface area contributed by atoms with E-state index in [4.69, 9.17) is 4.74 Å². The number of morpholine rings is 1. The Labute approximate surface area is 147 Å². The van der Waals surface area contributed by atoms with Crippen LogP contribution in [-0.2, 0) is 16.0 Å². The highest BCUT2D eigenvalue weighted by Crippen LogP contribution is 2.16. The van der Waals surface area contributed by atoms with Crippen molar-refractivity contribution < 1.29 is 9.53 Å². The quantitative estimate of drug-likeness (QED) is 0.901. The fraction of sp³-hybridized carbons (Fsp3) is 0.316. The van der Waals surface area contributed by atoms with Crippen molar-refractivity contribution in [3.8, 4) is 6.07 Å². The van der Waals surface area contributed by atoms with Crippen LogP contribution in [0.4, 0.5) is 5.82 Å². The van der Waals surface area contributed by atoms with Crippen molar-refractivity contribution in [2.24, 2.45) is 0 Å². The van der Waals surface area contributed by atoms with Crippen LogP contribution < -0.4 is 5.32 Å². The number of nitrogens with zero attached hydrogens (tertiary/aromatic N) is 3. The van der Waals surface area contributed by atoms with Gasteiger partial charge in [0.05, 0.1) is 18.8 Å². The third-order valence-electron chi connectivity index (χ3n) is 4.14. The lowest BCUT2D eigenvalue weighted by atomic mass is 10.0. The number of nitrogens with one attached hydrogen (secondary N) is 1. The number of carbonyl (C=O) groups excluding carboxylic acids is 1. The number of pyridine rings is 1. The lowest BCUT2D eigenvalue weighted by molar-refractivity contribution is -0.136. The number of amides is 1. The minimum absolute atomic E-state index is 0.00157.